The Bertz CT molecular complexity index is 800. The summed E-state index contributed by atoms with van der Waals surface area (Å²) in [5.41, 5.74) is 1.42. The van der Waals surface area contributed by atoms with Gasteiger partial charge in [-0.2, -0.15) is 8.42 Å². The predicted octanol–water partition coefficient (Wildman–Crippen LogP) is 3.26. The highest BCUT2D eigenvalue weighted by Gasteiger charge is 2.46. The summed E-state index contributed by atoms with van der Waals surface area (Å²) in [5.74, 6) is -0.525. The van der Waals surface area contributed by atoms with Crippen LogP contribution in [0.4, 0.5) is 5.69 Å². The van der Waals surface area contributed by atoms with Crippen molar-refractivity contribution in [2.45, 2.75) is 63.3 Å². The first-order valence-electron chi connectivity index (χ1n) is 9.44. The van der Waals surface area contributed by atoms with Crippen LogP contribution >= 0.6 is 0 Å². The summed E-state index contributed by atoms with van der Waals surface area (Å²) in [4.78, 5) is 12.7. The van der Waals surface area contributed by atoms with Gasteiger partial charge in [0, 0.05) is 0 Å². The van der Waals surface area contributed by atoms with Gasteiger partial charge in [0.2, 0.25) is 0 Å². The van der Waals surface area contributed by atoms with Gasteiger partial charge in [0.15, 0.2) is 5.37 Å². The molecule has 1 aliphatic heterocycles. The average Bonchev–Trinajstić information content (AvgIpc) is 2.60. The Hall–Kier alpha value is -1.80. The zero-order valence-corrected chi connectivity index (χ0v) is 16.5. The molecule has 0 bridgehead atoms. The summed E-state index contributed by atoms with van der Waals surface area (Å²) >= 11 is 0. The van der Waals surface area contributed by atoms with Crippen LogP contribution in [0.1, 0.15) is 57.4 Å². The van der Waals surface area contributed by atoms with E-state index in [9.17, 15) is 22.9 Å². The predicted molar refractivity (Wildman–Crippen MR) is 102 cm³/mol. The molecule has 0 amide bonds. The van der Waals surface area contributed by atoms with E-state index in [0.717, 1.165) is 31.2 Å². The lowest BCUT2D eigenvalue weighted by atomic mass is 9.83. The zero-order chi connectivity index (χ0) is 19.8. The molecule has 1 aromatic carbocycles. The minimum atomic E-state index is -4.56. The third-order valence-electron chi connectivity index (χ3n) is 5.49. The average molecular weight is 397 g/mol. The molecule has 1 fully saturated rings. The van der Waals surface area contributed by atoms with Gasteiger partial charge in [0.25, 0.3) is 10.1 Å². The number of rotatable bonds is 5. The van der Waals surface area contributed by atoms with Crippen molar-refractivity contribution in [1.29, 1.82) is 0 Å². The monoisotopic (exact) mass is 397 g/mol. The van der Waals surface area contributed by atoms with Crippen molar-refractivity contribution in [1.82, 2.24) is 0 Å². The Balaban J connectivity index is 2.14. The molecule has 0 aromatic heterocycles. The lowest BCUT2D eigenvalue weighted by molar-refractivity contribution is -0.135. The van der Waals surface area contributed by atoms with Crippen LogP contribution < -0.4 is 9.64 Å². The summed E-state index contributed by atoms with van der Waals surface area (Å²) in [5, 5.41) is 7.90. The highest BCUT2D eigenvalue weighted by atomic mass is 32.2. The number of benzene rings is 1. The van der Waals surface area contributed by atoms with Crippen LogP contribution in [0.25, 0.3) is 0 Å². The second kappa shape index (κ2) is 7.67. The fourth-order valence-electron chi connectivity index (χ4n) is 4.26. The van der Waals surface area contributed by atoms with Gasteiger partial charge in [-0.1, -0.05) is 45.2 Å². The summed E-state index contributed by atoms with van der Waals surface area (Å²) in [6.07, 6.45) is 4.68. The first kappa shape index (κ1) is 19.9. The zero-order valence-electron chi connectivity index (χ0n) is 15.7. The molecule has 1 aliphatic carbocycles. The molecule has 1 saturated carbocycles. The number of aliphatic carboxylic acids is 1. The van der Waals surface area contributed by atoms with Gasteiger partial charge >= 0.3 is 5.97 Å². The third kappa shape index (κ3) is 4.06. The van der Waals surface area contributed by atoms with Crippen LogP contribution in [0.5, 0.6) is 5.75 Å². The van der Waals surface area contributed by atoms with E-state index in [1.807, 2.05) is 6.07 Å². The van der Waals surface area contributed by atoms with E-state index in [1.165, 1.54) is 11.3 Å². The maximum absolute atomic E-state index is 12.1. The van der Waals surface area contributed by atoms with Crippen molar-refractivity contribution >= 4 is 21.8 Å². The smallest absolute Gasteiger partial charge is 0.323 e. The summed E-state index contributed by atoms with van der Waals surface area (Å²) in [7, 11) is -4.56. The molecule has 2 aliphatic rings. The summed E-state index contributed by atoms with van der Waals surface area (Å²) < 4.78 is 40.3. The fraction of sp³-hybridized carbons (Fsp3) is 0.632. The van der Waals surface area contributed by atoms with Crippen molar-refractivity contribution in [3.8, 4) is 5.75 Å². The van der Waals surface area contributed by atoms with E-state index >= 15 is 0 Å². The number of hydrogen-bond acceptors (Lipinski definition) is 5. The Morgan fingerprint density at radius 3 is 2.48 bits per heavy atom. The number of ether oxygens (including phenoxy) is 1. The van der Waals surface area contributed by atoms with Crippen LogP contribution in [-0.4, -0.2) is 42.1 Å². The fourth-order valence-corrected chi connectivity index (χ4v) is 5.48. The largest absolute Gasteiger partial charge is 0.484 e. The Morgan fingerprint density at radius 2 is 1.93 bits per heavy atom. The summed E-state index contributed by atoms with van der Waals surface area (Å²) in [6, 6.07) is 5.45. The van der Waals surface area contributed by atoms with Crippen LogP contribution in [0, 0.1) is 5.92 Å². The molecule has 7 nitrogen and oxygen atoms in total. The first-order chi connectivity index (χ1) is 12.7. The molecule has 8 heteroatoms. The number of fused-ring (bicyclic) bond motifs is 1. The van der Waals surface area contributed by atoms with Crippen molar-refractivity contribution in [3.05, 3.63) is 23.8 Å². The summed E-state index contributed by atoms with van der Waals surface area (Å²) in [6.45, 7) is 3.07. The number of anilines is 1. The molecule has 0 radical (unpaired) electrons. The molecule has 2 N–H and O–H groups in total. The number of para-hydroxylation sites is 1. The van der Waals surface area contributed by atoms with Crippen LogP contribution in [-0.2, 0) is 14.9 Å². The molecule has 3 rings (SSSR count). The molecule has 27 heavy (non-hydrogen) atoms. The maximum atomic E-state index is 12.1. The second-order valence-electron chi connectivity index (χ2n) is 7.78. The molecule has 1 heterocycles. The lowest BCUT2D eigenvalue weighted by Gasteiger charge is -2.43. The van der Waals surface area contributed by atoms with Gasteiger partial charge in [-0.3, -0.25) is 9.35 Å². The van der Waals surface area contributed by atoms with Gasteiger partial charge in [0.05, 0.1) is 5.69 Å². The molecule has 1 aromatic rings. The highest BCUT2D eigenvalue weighted by molar-refractivity contribution is 7.86. The molecule has 0 saturated heterocycles. The molecule has 2 unspecified atom stereocenters. The number of carbonyl (C=O) groups is 1. The first-order valence-corrected chi connectivity index (χ1v) is 10.9. The van der Waals surface area contributed by atoms with Gasteiger partial charge in [-0.25, -0.2) is 0 Å². The topological polar surface area (TPSA) is 104 Å². The van der Waals surface area contributed by atoms with Gasteiger partial charge in [-0.05, 0) is 36.3 Å². The van der Waals surface area contributed by atoms with Crippen molar-refractivity contribution in [3.63, 3.8) is 0 Å². The number of hydrogen-bond donors (Lipinski definition) is 2. The Labute approximate surface area is 160 Å². The number of carboxylic acids is 1. The highest BCUT2D eigenvalue weighted by Crippen LogP contribution is 2.46. The van der Waals surface area contributed by atoms with E-state index in [-0.39, 0.29) is 5.92 Å². The van der Waals surface area contributed by atoms with Crippen molar-refractivity contribution < 1.29 is 27.6 Å². The Kier molecular flexibility index (Phi) is 5.67. The van der Waals surface area contributed by atoms with E-state index < -0.39 is 34.1 Å². The van der Waals surface area contributed by atoms with Gasteiger partial charge in [-0.15, -0.1) is 0 Å². The quantitative estimate of drug-likeness (QED) is 0.735. The maximum Gasteiger partial charge on any atom is 0.323 e. The Morgan fingerprint density at radius 1 is 1.26 bits per heavy atom. The van der Waals surface area contributed by atoms with Crippen LogP contribution in [0.2, 0.25) is 0 Å². The normalized spacial score (nSPS) is 23.8. The van der Waals surface area contributed by atoms with Crippen molar-refractivity contribution in [2.24, 2.45) is 5.92 Å². The number of nitrogens with zero attached hydrogens (tertiary/aromatic N) is 1. The molecular formula is C19H27NO6S. The third-order valence-corrected chi connectivity index (χ3v) is 6.62. The second-order valence-corrected chi connectivity index (χ2v) is 9.30. The number of carboxylic acid groups (broad SMARTS) is 1. The van der Waals surface area contributed by atoms with E-state index in [4.69, 9.17) is 4.74 Å². The van der Waals surface area contributed by atoms with Crippen LogP contribution in [0.15, 0.2) is 18.2 Å². The van der Waals surface area contributed by atoms with E-state index in [0.29, 0.717) is 17.4 Å². The van der Waals surface area contributed by atoms with Crippen LogP contribution in [0.3, 0.4) is 0 Å². The molecular weight excluding hydrogens is 370 g/mol. The standard InChI is InChI=1S/C19H27NO6S/c1-12(2)17-19(27(23,24)25)20(11-16(21)22)15-10-6-9-14(18(15)26-17)13-7-4-3-5-8-13/h6,9-10,12-13,17,19H,3-5,7-8,11H2,1-2H3,(H,21,22)(H,23,24,25). The van der Waals surface area contributed by atoms with Gasteiger partial charge < -0.3 is 14.7 Å². The molecule has 2 atom stereocenters. The van der Waals surface area contributed by atoms with Gasteiger partial charge in [0.1, 0.15) is 18.4 Å². The lowest BCUT2D eigenvalue weighted by Crippen LogP contribution is -2.57. The van der Waals surface area contributed by atoms with Crippen molar-refractivity contribution in [2.75, 3.05) is 11.4 Å². The SMILES string of the molecule is CC(C)C1Oc2c(C3CCCCC3)cccc2N(CC(=O)O)C1S(=O)(=O)O. The molecule has 0 spiro atoms. The van der Waals surface area contributed by atoms with E-state index in [2.05, 4.69) is 0 Å². The minimum Gasteiger partial charge on any atom is -0.484 e. The molecule has 150 valence electrons. The van der Waals surface area contributed by atoms with E-state index in [1.54, 1.807) is 26.0 Å². The minimum absolute atomic E-state index is 0.235.